The summed E-state index contributed by atoms with van der Waals surface area (Å²) in [6, 6.07) is 1.01. The molecule has 0 aromatic rings. The van der Waals surface area contributed by atoms with Crippen LogP contribution in [0.15, 0.2) is 0 Å². The van der Waals surface area contributed by atoms with E-state index in [1.54, 1.807) is 0 Å². The molecule has 1 aliphatic rings. The van der Waals surface area contributed by atoms with Gasteiger partial charge in [-0.2, -0.15) is 0 Å². The predicted molar refractivity (Wildman–Crippen MR) is 48.5 cm³/mol. The van der Waals surface area contributed by atoms with Gasteiger partial charge in [-0.15, -0.1) is 0 Å². The Balaban J connectivity index is 2.15. The molecule has 0 unspecified atom stereocenters. The highest BCUT2D eigenvalue weighted by molar-refractivity contribution is 4.85. The van der Waals surface area contributed by atoms with Crippen LogP contribution in [0.1, 0.15) is 33.1 Å². The zero-order valence-electron chi connectivity index (χ0n) is 7.64. The molecule has 0 radical (unpaired) electrons. The highest BCUT2D eigenvalue weighted by atomic mass is 15.0. The fourth-order valence-corrected chi connectivity index (χ4v) is 1.63. The molecule has 1 rings (SSSR count). The first-order chi connectivity index (χ1) is 5.20. The van der Waals surface area contributed by atoms with E-state index < -0.39 is 0 Å². The zero-order chi connectivity index (χ0) is 8.27. The van der Waals surface area contributed by atoms with Crippen molar-refractivity contribution in [3.05, 3.63) is 0 Å². The lowest BCUT2D eigenvalue weighted by molar-refractivity contribution is 0.438. The van der Waals surface area contributed by atoms with Gasteiger partial charge in [-0.3, -0.25) is 0 Å². The summed E-state index contributed by atoms with van der Waals surface area (Å²) in [4.78, 5) is 0. The standard InChI is InChI=1S/C9H20N2/c1-7(2)6-11-9-5-3-4-8(9)10/h7-9,11H,3-6,10H2,1-2H3/t8-,9-/m0/s1. The normalized spacial score (nSPS) is 31.6. The van der Waals surface area contributed by atoms with Crippen molar-refractivity contribution in [2.24, 2.45) is 11.7 Å². The number of hydrogen-bond donors (Lipinski definition) is 2. The van der Waals surface area contributed by atoms with Crippen LogP contribution in [-0.4, -0.2) is 18.6 Å². The molecule has 0 amide bonds. The van der Waals surface area contributed by atoms with Crippen LogP contribution in [0.25, 0.3) is 0 Å². The van der Waals surface area contributed by atoms with Gasteiger partial charge in [0, 0.05) is 12.1 Å². The molecule has 0 aliphatic heterocycles. The molecule has 11 heavy (non-hydrogen) atoms. The van der Waals surface area contributed by atoms with Crippen molar-refractivity contribution in [1.29, 1.82) is 0 Å². The van der Waals surface area contributed by atoms with E-state index in [2.05, 4.69) is 19.2 Å². The van der Waals surface area contributed by atoms with E-state index in [9.17, 15) is 0 Å². The largest absolute Gasteiger partial charge is 0.326 e. The minimum atomic E-state index is 0.411. The minimum Gasteiger partial charge on any atom is -0.326 e. The summed E-state index contributed by atoms with van der Waals surface area (Å²) >= 11 is 0. The van der Waals surface area contributed by atoms with Crippen LogP contribution in [0.2, 0.25) is 0 Å². The van der Waals surface area contributed by atoms with E-state index in [0.29, 0.717) is 12.1 Å². The van der Waals surface area contributed by atoms with Gasteiger partial charge in [0.1, 0.15) is 0 Å². The van der Waals surface area contributed by atoms with Gasteiger partial charge < -0.3 is 11.1 Å². The molecule has 1 saturated carbocycles. The Bertz CT molecular complexity index is 112. The van der Waals surface area contributed by atoms with Gasteiger partial charge in [-0.1, -0.05) is 20.3 Å². The van der Waals surface area contributed by atoms with Crippen molar-refractivity contribution in [1.82, 2.24) is 5.32 Å². The summed E-state index contributed by atoms with van der Waals surface area (Å²) in [7, 11) is 0. The first kappa shape index (κ1) is 9.01. The van der Waals surface area contributed by atoms with Gasteiger partial charge >= 0.3 is 0 Å². The second kappa shape index (κ2) is 4.07. The smallest absolute Gasteiger partial charge is 0.0219 e. The number of rotatable bonds is 3. The lowest BCUT2D eigenvalue weighted by Crippen LogP contribution is -2.42. The van der Waals surface area contributed by atoms with Gasteiger partial charge in [0.25, 0.3) is 0 Å². The Morgan fingerprint density at radius 1 is 1.45 bits per heavy atom. The first-order valence-electron chi connectivity index (χ1n) is 4.69. The molecule has 0 spiro atoms. The van der Waals surface area contributed by atoms with Crippen molar-refractivity contribution in [3.8, 4) is 0 Å². The Kier molecular flexibility index (Phi) is 3.34. The Labute approximate surface area is 69.5 Å². The molecule has 0 saturated heterocycles. The maximum Gasteiger partial charge on any atom is 0.0219 e. The average Bonchev–Trinajstić information content (AvgIpc) is 2.31. The van der Waals surface area contributed by atoms with Gasteiger partial charge in [0.15, 0.2) is 0 Å². The monoisotopic (exact) mass is 156 g/mol. The molecule has 2 nitrogen and oxygen atoms in total. The van der Waals surface area contributed by atoms with Gasteiger partial charge in [0.05, 0.1) is 0 Å². The molecule has 0 aromatic heterocycles. The average molecular weight is 156 g/mol. The summed E-state index contributed by atoms with van der Waals surface area (Å²) in [5.41, 5.74) is 5.90. The molecule has 2 heteroatoms. The third kappa shape index (κ3) is 2.80. The minimum absolute atomic E-state index is 0.411. The maximum atomic E-state index is 5.90. The quantitative estimate of drug-likeness (QED) is 0.642. The van der Waals surface area contributed by atoms with E-state index in [1.807, 2.05) is 0 Å². The zero-order valence-corrected chi connectivity index (χ0v) is 7.64. The van der Waals surface area contributed by atoms with Crippen LogP contribution < -0.4 is 11.1 Å². The topological polar surface area (TPSA) is 38.0 Å². The lowest BCUT2D eigenvalue weighted by atomic mass is 10.1. The van der Waals surface area contributed by atoms with E-state index in [1.165, 1.54) is 19.3 Å². The van der Waals surface area contributed by atoms with E-state index in [-0.39, 0.29) is 0 Å². The third-order valence-electron chi connectivity index (χ3n) is 2.36. The molecule has 3 N–H and O–H groups in total. The van der Waals surface area contributed by atoms with Crippen molar-refractivity contribution in [2.75, 3.05) is 6.54 Å². The Hall–Kier alpha value is -0.0800. The summed E-state index contributed by atoms with van der Waals surface area (Å²) in [6.07, 6.45) is 3.78. The molecular formula is C9H20N2. The van der Waals surface area contributed by atoms with Crippen LogP contribution in [0.3, 0.4) is 0 Å². The molecule has 0 aromatic carbocycles. The first-order valence-corrected chi connectivity index (χ1v) is 4.69. The summed E-state index contributed by atoms with van der Waals surface area (Å²) < 4.78 is 0. The lowest BCUT2D eigenvalue weighted by Gasteiger charge is -2.18. The van der Waals surface area contributed by atoms with Gasteiger partial charge in [0.2, 0.25) is 0 Å². The molecule has 2 atom stereocenters. The Morgan fingerprint density at radius 2 is 2.18 bits per heavy atom. The highest BCUT2D eigenvalue weighted by Crippen LogP contribution is 2.16. The molecular weight excluding hydrogens is 136 g/mol. The van der Waals surface area contributed by atoms with Gasteiger partial charge in [-0.05, 0) is 25.3 Å². The molecule has 0 bridgehead atoms. The van der Waals surface area contributed by atoms with Crippen molar-refractivity contribution in [2.45, 2.75) is 45.2 Å². The molecule has 1 fully saturated rings. The highest BCUT2D eigenvalue weighted by Gasteiger charge is 2.22. The second-order valence-corrected chi connectivity index (χ2v) is 4.00. The number of nitrogens with one attached hydrogen (secondary N) is 1. The fraction of sp³-hybridized carbons (Fsp3) is 1.00. The predicted octanol–water partition coefficient (Wildman–Crippen LogP) is 1.11. The SMILES string of the molecule is CC(C)CN[C@H]1CCC[C@@H]1N. The van der Waals surface area contributed by atoms with Crippen LogP contribution in [-0.2, 0) is 0 Å². The second-order valence-electron chi connectivity index (χ2n) is 4.00. The van der Waals surface area contributed by atoms with Crippen LogP contribution >= 0.6 is 0 Å². The molecule has 1 aliphatic carbocycles. The molecule has 0 heterocycles. The van der Waals surface area contributed by atoms with Gasteiger partial charge in [-0.25, -0.2) is 0 Å². The third-order valence-corrected chi connectivity index (χ3v) is 2.36. The van der Waals surface area contributed by atoms with Crippen LogP contribution in [0, 0.1) is 5.92 Å². The fourth-order valence-electron chi connectivity index (χ4n) is 1.63. The van der Waals surface area contributed by atoms with Crippen molar-refractivity contribution in [3.63, 3.8) is 0 Å². The summed E-state index contributed by atoms with van der Waals surface area (Å²) in [5.74, 6) is 0.739. The van der Waals surface area contributed by atoms with E-state index in [4.69, 9.17) is 5.73 Å². The van der Waals surface area contributed by atoms with Crippen LogP contribution in [0.5, 0.6) is 0 Å². The van der Waals surface area contributed by atoms with Crippen molar-refractivity contribution < 1.29 is 0 Å². The number of nitrogens with two attached hydrogens (primary N) is 1. The van der Waals surface area contributed by atoms with Crippen LogP contribution in [0.4, 0.5) is 0 Å². The maximum absolute atomic E-state index is 5.90. The molecule has 66 valence electrons. The summed E-state index contributed by atoms with van der Waals surface area (Å²) in [6.45, 7) is 5.57. The van der Waals surface area contributed by atoms with E-state index >= 15 is 0 Å². The Morgan fingerprint density at radius 3 is 2.64 bits per heavy atom. The summed E-state index contributed by atoms with van der Waals surface area (Å²) in [5, 5.41) is 3.51. The van der Waals surface area contributed by atoms with E-state index in [0.717, 1.165) is 12.5 Å². The van der Waals surface area contributed by atoms with Crippen molar-refractivity contribution >= 4 is 0 Å². The number of hydrogen-bond acceptors (Lipinski definition) is 2.